The van der Waals surface area contributed by atoms with Gasteiger partial charge in [0, 0.05) is 0 Å². The molecule has 2 aromatic rings. The lowest BCUT2D eigenvalue weighted by molar-refractivity contribution is 0.158. The van der Waals surface area contributed by atoms with Crippen molar-refractivity contribution < 1.29 is 5.11 Å². The van der Waals surface area contributed by atoms with Gasteiger partial charge in [-0.2, -0.15) is 15.0 Å². The minimum atomic E-state index is -0.505. The molecule has 0 aliphatic heterocycles. The van der Waals surface area contributed by atoms with E-state index in [2.05, 4.69) is 17.1 Å². The minimum absolute atomic E-state index is 0.505. The van der Waals surface area contributed by atoms with Crippen LogP contribution in [-0.4, -0.2) is 20.1 Å². The van der Waals surface area contributed by atoms with Gasteiger partial charge in [-0.25, -0.2) is 0 Å². The van der Waals surface area contributed by atoms with E-state index in [1.54, 1.807) is 11.0 Å². The van der Waals surface area contributed by atoms with Crippen LogP contribution < -0.4 is 0 Å². The van der Waals surface area contributed by atoms with Crippen LogP contribution in [0.4, 0.5) is 0 Å². The Bertz CT molecular complexity index is 495. The van der Waals surface area contributed by atoms with Gasteiger partial charge < -0.3 is 5.11 Å². The Kier molecular flexibility index (Phi) is 5.74. The maximum Gasteiger partial charge on any atom is 0.112 e. The van der Waals surface area contributed by atoms with Crippen molar-refractivity contribution in [2.45, 2.75) is 51.6 Å². The molecule has 0 bridgehead atoms. The molecule has 0 aliphatic carbocycles. The standard InChI is InChI=1S/C16H23N3O/c1-2-3-4-5-9-12-16(20)15-13-17-19(18-15)14-10-7-6-8-11-14/h6-8,10-11,13,16,20H,2-5,9,12H2,1H3. The van der Waals surface area contributed by atoms with Crippen LogP contribution in [0.3, 0.4) is 0 Å². The zero-order valence-corrected chi connectivity index (χ0v) is 12.1. The molecule has 0 fully saturated rings. The predicted molar refractivity (Wildman–Crippen MR) is 79.7 cm³/mol. The molecule has 0 saturated carbocycles. The Morgan fingerprint density at radius 1 is 1.10 bits per heavy atom. The number of para-hydroxylation sites is 1. The molecule has 20 heavy (non-hydrogen) atoms. The van der Waals surface area contributed by atoms with Gasteiger partial charge in [0.15, 0.2) is 0 Å². The van der Waals surface area contributed by atoms with E-state index in [9.17, 15) is 5.11 Å². The van der Waals surface area contributed by atoms with Crippen molar-refractivity contribution in [1.29, 1.82) is 0 Å². The fourth-order valence-electron chi connectivity index (χ4n) is 2.20. The molecule has 2 rings (SSSR count). The predicted octanol–water partition coefficient (Wildman–Crippen LogP) is 3.66. The van der Waals surface area contributed by atoms with Crippen LogP contribution in [0.15, 0.2) is 36.5 Å². The lowest BCUT2D eigenvalue weighted by Crippen LogP contribution is -2.02. The van der Waals surface area contributed by atoms with Crippen LogP contribution in [0.5, 0.6) is 0 Å². The first-order valence-corrected chi connectivity index (χ1v) is 7.47. The highest BCUT2D eigenvalue weighted by Crippen LogP contribution is 2.18. The van der Waals surface area contributed by atoms with Gasteiger partial charge >= 0.3 is 0 Å². The lowest BCUT2D eigenvalue weighted by Gasteiger charge is -2.06. The number of aliphatic hydroxyl groups is 1. The molecule has 108 valence electrons. The van der Waals surface area contributed by atoms with E-state index in [-0.39, 0.29) is 0 Å². The zero-order valence-electron chi connectivity index (χ0n) is 12.1. The van der Waals surface area contributed by atoms with Crippen molar-refractivity contribution in [3.8, 4) is 5.69 Å². The molecular weight excluding hydrogens is 250 g/mol. The van der Waals surface area contributed by atoms with Crippen LogP contribution in [0.1, 0.15) is 57.2 Å². The summed E-state index contributed by atoms with van der Waals surface area (Å²) in [5, 5.41) is 18.7. The van der Waals surface area contributed by atoms with E-state index >= 15 is 0 Å². The summed E-state index contributed by atoms with van der Waals surface area (Å²) < 4.78 is 0. The summed E-state index contributed by atoms with van der Waals surface area (Å²) in [4.78, 5) is 1.57. The monoisotopic (exact) mass is 273 g/mol. The van der Waals surface area contributed by atoms with E-state index in [1.807, 2.05) is 30.3 Å². The summed E-state index contributed by atoms with van der Waals surface area (Å²) >= 11 is 0. The topological polar surface area (TPSA) is 50.9 Å². The smallest absolute Gasteiger partial charge is 0.112 e. The highest BCUT2D eigenvalue weighted by atomic mass is 16.3. The second-order valence-corrected chi connectivity index (χ2v) is 5.11. The number of hydrogen-bond acceptors (Lipinski definition) is 3. The van der Waals surface area contributed by atoms with Crippen LogP contribution in [0, 0.1) is 0 Å². The van der Waals surface area contributed by atoms with Crippen molar-refractivity contribution >= 4 is 0 Å². The first kappa shape index (κ1) is 14.7. The number of aliphatic hydroxyl groups excluding tert-OH is 1. The van der Waals surface area contributed by atoms with Gasteiger partial charge in [0.25, 0.3) is 0 Å². The van der Waals surface area contributed by atoms with E-state index in [1.165, 1.54) is 25.7 Å². The van der Waals surface area contributed by atoms with E-state index < -0.39 is 6.10 Å². The van der Waals surface area contributed by atoms with Crippen molar-refractivity contribution in [2.24, 2.45) is 0 Å². The first-order valence-electron chi connectivity index (χ1n) is 7.47. The van der Waals surface area contributed by atoms with Crippen molar-refractivity contribution in [1.82, 2.24) is 15.0 Å². The summed E-state index contributed by atoms with van der Waals surface area (Å²) in [5.74, 6) is 0. The molecule has 0 saturated heterocycles. The Hall–Kier alpha value is -1.68. The Morgan fingerprint density at radius 2 is 1.85 bits per heavy atom. The molecule has 1 heterocycles. The Labute approximate surface area is 120 Å². The second-order valence-electron chi connectivity index (χ2n) is 5.11. The van der Waals surface area contributed by atoms with Gasteiger partial charge in [-0.05, 0) is 18.6 Å². The summed E-state index contributed by atoms with van der Waals surface area (Å²) in [5.41, 5.74) is 1.57. The van der Waals surface area contributed by atoms with Gasteiger partial charge in [0.2, 0.25) is 0 Å². The Morgan fingerprint density at radius 3 is 2.60 bits per heavy atom. The van der Waals surface area contributed by atoms with Gasteiger partial charge in [-0.1, -0.05) is 57.2 Å². The third-order valence-corrected chi connectivity index (χ3v) is 3.42. The SMILES string of the molecule is CCCCCCCC(O)c1cnn(-c2ccccc2)n1. The number of aromatic nitrogens is 3. The molecule has 4 nitrogen and oxygen atoms in total. The van der Waals surface area contributed by atoms with Crippen molar-refractivity contribution in [3.05, 3.63) is 42.2 Å². The summed E-state index contributed by atoms with van der Waals surface area (Å²) in [7, 11) is 0. The molecule has 1 aromatic carbocycles. The number of benzene rings is 1. The van der Waals surface area contributed by atoms with Gasteiger partial charge in [-0.15, -0.1) is 0 Å². The first-order chi connectivity index (χ1) is 9.81. The fourth-order valence-corrected chi connectivity index (χ4v) is 2.20. The number of rotatable bonds is 8. The van der Waals surface area contributed by atoms with E-state index in [4.69, 9.17) is 0 Å². The maximum absolute atomic E-state index is 10.1. The zero-order chi connectivity index (χ0) is 14.2. The molecule has 0 aliphatic rings. The third kappa shape index (κ3) is 4.17. The van der Waals surface area contributed by atoms with E-state index in [0.717, 1.165) is 18.5 Å². The highest BCUT2D eigenvalue weighted by Gasteiger charge is 2.12. The molecule has 0 amide bonds. The quantitative estimate of drug-likeness (QED) is 0.747. The normalized spacial score (nSPS) is 12.5. The third-order valence-electron chi connectivity index (χ3n) is 3.42. The largest absolute Gasteiger partial charge is 0.387 e. The number of nitrogens with zero attached hydrogens (tertiary/aromatic N) is 3. The minimum Gasteiger partial charge on any atom is -0.387 e. The van der Waals surface area contributed by atoms with E-state index in [0.29, 0.717) is 5.69 Å². The average molecular weight is 273 g/mol. The summed E-state index contributed by atoms with van der Waals surface area (Å²) in [6, 6.07) is 9.74. The second kappa shape index (κ2) is 7.80. The average Bonchev–Trinajstić information content (AvgIpc) is 2.98. The molecule has 1 N–H and O–H groups in total. The van der Waals surface area contributed by atoms with Gasteiger partial charge in [0.05, 0.1) is 18.0 Å². The van der Waals surface area contributed by atoms with Gasteiger partial charge in [-0.3, -0.25) is 0 Å². The number of hydrogen-bond donors (Lipinski definition) is 1. The van der Waals surface area contributed by atoms with Crippen LogP contribution in [0.2, 0.25) is 0 Å². The number of unbranched alkanes of at least 4 members (excludes halogenated alkanes) is 4. The molecular formula is C16H23N3O. The molecule has 0 spiro atoms. The summed E-state index contributed by atoms with van der Waals surface area (Å²) in [6.45, 7) is 2.21. The van der Waals surface area contributed by atoms with Crippen molar-refractivity contribution in [3.63, 3.8) is 0 Å². The molecule has 0 radical (unpaired) electrons. The molecule has 1 aromatic heterocycles. The van der Waals surface area contributed by atoms with Crippen LogP contribution >= 0.6 is 0 Å². The molecule has 1 atom stereocenters. The van der Waals surface area contributed by atoms with Gasteiger partial charge in [0.1, 0.15) is 5.69 Å². The Balaban J connectivity index is 1.85. The highest BCUT2D eigenvalue weighted by molar-refractivity contribution is 5.28. The summed E-state index contributed by atoms with van der Waals surface area (Å²) in [6.07, 6.45) is 7.90. The molecule has 1 unspecified atom stereocenters. The van der Waals surface area contributed by atoms with Crippen LogP contribution in [0.25, 0.3) is 5.69 Å². The maximum atomic E-state index is 10.1. The molecule has 4 heteroatoms. The van der Waals surface area contributed by atoms with Crippen molar-refractivity contribution in [2.75, 3.05) is 0 Å². The lowest BCUT2D eigenvalue weighted by atomic mass is 10.1. The fraction of sp³-hybridized carbons (Fsp3) is 0.500. The van der Waals surface area contributed by atoms with Crippen LogP contribution in [-0.2, 0) is 0 Å².